The first kappa shape index (κ1) is 14.5. The van der Waals surface area contributed by atoms with E-state index in [2.05, 4.69) is 10.3 Å². The summed E-state index contributed by atoms with van der Waals surface area (Å²) in [6, 6.07) is -0.385. The van der Waals surface area contributed by atoms with E-state index in [0.29, 0.717) is 13.0 Å². The number of piperazine rings is 1. The van der Waals surface area contributed by atoms with E-state index in [1.807, 2.05) is 12.3 Å². The fourth-order valence-electron chi connectivity index (χ4n) is 3.37. The summed E-state index contributed by atoms with van der Waals surface area (Å²) in [5.41, 5.74) is 2.15. The summed E-state index contributed by atoms with van der Waals surface area (Å²) in [5.74, 6) is 0.0827. The van der Waals surface area contributed by atoms with Crippen molar-refractivity contribution in [3.8, 4) is 0 Å². The first-order valence-electron chi connectivity index (χ1n) is 7.62. The number of nitrogens with zero attached hydrogens (tertiary/aromatic N) is 2. The zero-order valence-electron chi connectivity index (χ0n) is 12.3. The molecule has 1 N–H and O–H groups in total. The van der Waals surface area contributed by atoms with E-state index < -0.39 is 5.54 Å². The monoisotopic (exact) mass is 307 g/mol. The zero-order chi connectivity index (χ0) is 14.9. The van der Waals surface area contributed by atoms with E-state index in [1.165, 1.54) is 0 Å². The van der Waals surface area contributed by atoms with Gasteiger partial charge in [0.25, 0.3) is 0 Å². The molecule has 21 heavy (non-hydrogen) atoms. The molecule has 1 saturated heterocycles. The van der Waals surface area contributed by atoms with Gasteiger partial charge >= 0.3 is 0 Å². The van der Waals surface area contributed by atoms with Gasteiger partial charge in [0.05, 0.1) is 11.2 Å². The average Bonchev–Trinajstić information content (AvgIpc) is 3.00. The Morgan fingerprint density at radius 2 is 2.14 bits per heavy atom. The Kier molecular flexibility index (Phi) is 3.97. The van der Waals surface area contributed by atoms with Crippen molar-refractivity contribution in [3.05, 3.63) is 16.6 Å². The van der Waals surface area contributed by atoms with Gasteiger partial charge in [-0.15, -0.1) is 11.3 Å². The van der Waals surface area contributed by atoms with Gasteiger partial charge in [-0.3, -0.25) is 9.59 Å². The lowest BCUT2D eigenvalue weighted by molar-refractivity contribution is -0.155. The summed E-state index contributed by atoms with van der Waals surface area (Å²) < 4.78 is 0. The SMILES string of the molecule is CC1C(=O)NC2(CCCCC2)C(=O)N1CCc1cscn1. The van der Waals surface area contributed by atoms with Crippen molar-refractivity contribution >= 4 is 23.2 Å². The summed E-state index contributed by atoms with van der Waals surface area (Å²) >= 11 is 1.56. The van der Waals surface area contributed by atoms with E-state index in [1.54, 1.807) is 21.7 Å². The van der Waals surface area contributed by atoms with Crippen molar-refractivity contribution in [2.75, 3.05) is 6.54 Å². The Bertz CT molecular complexity index is 523. The van der Waals surface area contributed by atoms with Gasteiger partial charge in [0, 0.05) is 18.3 Å². The summed E-state index contributed by atoms with van der Waals surface area (Å²) in [5, 5.41) is 5.01. The van der Waals surface area contributed by atoms with Gasteiger partial charge < -0.3 is 10.2 Å². The predicted molar refractivity (Wildman–Crippen MR) is 81.0 cm³/mol. The highest BCUT2D eigenvalue weighted by Crippen LogP contribution is 2.33. The van der Waals surface area contributed by atoms with Crippen molar-refractivity contribution in [3.63, 3.8) is 0 Å². The van der Waals surface area contributed by atoms with E-state index in [4.69, 9.17) is 0 Å². The molecular formula is C15H21N3O2S. The molecule has 1 aliphatic carbocycles. The molecule has 1 saturated carbocycles. The highest BCUT2D eigenvalue weighted by Gasteiger charge is 2.49. The van der Waals surface area contributed by atoms with Crippen LogP contribution in [0, 0.1) is 0 Å². The lowest BCUT2D eigenvalue weighted by Crippen LogP contribution is -2.70. The van der Waals surface area contributed by atoms with Gasteiger partial charge in [0.1, 0.15) is 11.6 Å². The maximum absolute atomic E-state index is 12.9. The standard InChI is InChI=1S/C15H21N3O2S/c1-11-13(19)17-15(6-3-2-4-7-15)14(20)18(11)8-5-12-9-21-10-16-12/h9-11H,2-8H2,1H3,(H,17,19). The molecule has 5 nitrogen and oxygen atoms in total. The minimum Gasteiger partial charge on any atom is -0.340 e. The van der Waals surface area contributed by atoms with E-state index >= 15 is 0 Å². The third kappa shape index (κ3) is 2.69. The number of hydrogen-bond acceptors (Lipinski definition) is 4. The van der Waals surface area contributed by atoms with E-state index in [0.717, 1.165) is 37.8 Å². The van der Waals surface area contributed by atoms with Gasteiger partial charge in [0.2, 0.25) is 11.8 Å². The Morgan fingerprint density at radius 3 is 2.81 bits per heavy atom. The van der Waals surface area contributed by atoms with Crippen LogP contribution in [0.4, 0.5) is 0 Å². The maximum Gasteiger partial charge on any atom is 0.249 e. The molecule has 114 valence electrons. The van der Waals surface area contributed by atoms with E-state index in [-0.39, 0.29) is 17.9 Å². The molecule has 0 aromatic carbocycles. The molecule has 0 radical (unpaired) electrons. The molecule has 6 heteroatoms. The highest BCUT2D eigenvalue weighted by molar-refractivity contribution is 7.07. The number of carbonyl (C=O) groups is 2. The molecule has 1 spiro atoms. The van der Waals surface area contributed by atoms with Crippen molar-refractivity contribution in [2.24, 2.45) is 0 Å². The van der Waals surface area contributed by atoms with Gasteiger partial charge in [-0.25, -0.2) is 4.98 Å². The van der Waals surface area contributed by atoms with Crippen LogP contribution in [0.3, 0.4) is 0 Å². The summed E-state index contributed by atoms with van der Waals surface area (Å²) in [7, 11) is 0. The second-order valence-electron chi connectivity index (χ2n) is 6.04. The number of hydrogen-bond donors (Lipinski definition) is 1. The van der Waals surface area contributed by atoms with Crippen molar-refractivity contribution in [1.82, 2.24) is 15.2 Å². The molecule has 2 fully saturated rings. The second kappa shape index (κ2) is 5.75. The molecule has 1 aromatic heterocycles. The van der Waals surface area contributed by atoms with Crippen LogP contribution in [-0.4, -0.2) is 39.8 Å². The van der Waals surface area contributed by atoms with Crippen LogP contribution >= 0.6 is 11.3 Å². The lowest BCUT2D eigenvalue weighted by Gasteiger charge is -2.46. The van der Waals surface area contributed by atoms with Gasteiger partial charge in [-0.1, -0.05) is 19.3 Å². The van der Waals surface area contributed by atoms with Gasteiger partial charge in [-0.05, 0) is 19.8 Å². The Balaban J connectivity index is 1.76. The Hall–Kier alpha value is -1.43. The molecular weight excluding hydrogens is 286 g/mol. The topological polar surface area (TPSA) is 62.3 Å². The smallest absolute Gasteiger partial charge is 0.249 e. The van der Waals surface area contributed by atoms with E-state index in [9.17, 15) is 9.59 Å². The molecule has 2 heterocycles. The third-order valence-corrected chi connectivity index (χ3v) is 5.31. The van der Waals surface area contributed by atoms with Crippen LogP contribution in [-0.2, 0) is 16.0 Å². The Morgan fingerprint density at radius 1 is 1.38 bits per heavy atom. The normalized spacial score (nSPS) is 25.2. The maximum atomic E-state index is 12.9. The molecule has 3 rings (SSSR count). The van der Waals surface area contributed by atoms with Crippen LogP contribution in [0.1, 0.15) is 44.7 Å². The minimum atomic E-state index is -0.635. The van der Waals surface area contributed by atoms with Crippen LogP contribution in [0.2, 0.25) is 0 Å². The second-order valence-corrected chi connectivity index (χ2v) is 6.76. The van der Waals surface area contributed by atoms with Crippen LogP contribution in [0.5, 0.6) is 0 Å². The largest absolute Gasteiger partial charge is 0.340 e. The molecule has 2 aliphatic rings. The molecule has 1 aromatic rings. The van der Waals surface area contributed by atoms with Crippen LogP contribution in [0.25, 0.3) is 0 Å². The van der Waals surface area contributed by atoms with Gasteiger partial charge in [-0.2, -0.15) is 0 Å². The number of nitrogens with one attached hydrogen (secondary N) is 1. The fraction of sp³-hybridized carbons (Fsp3) is 0.667. The Labute approximate surface area is 128 Å². The number of rotatable bonds is 3. The summed E-state index contributed by atoms with van der Waals surface area (Å²) in [6.07, 6.45) is 5.44. The van der Waals surface area contributed by atoms with Crippen LogP contribution < -0.4 is 5.32 Å². The predicted octanol–water partition coefficient (Wildman–Crippen LogP) is 1.74. The lowest BCUT2D eigenvalue weighted by atomic mass is 9.78. The average molecular weight is 307 g/mol. The summed E-state index contributed by atoms with van der Waals surface area (Å²) in [4.78, 5) is 31.2. The number of amides is 2. The highest BCUT2D eigenvalue weighted by atomic mass is 32.1. The van der Waals surface area contributed by atoms with Crippen molar-refractivity contribution in [1.29, 1.82) is 0 Å². The fourth-order valence-corrected chi connectivity index (χ4v) is 3.96. The zero-order valence-corrected chi connectivity index (χ0v) is 13.1. The van der Waals surface area contributed by atoms with Crippen molar-refractivity contribution < 1.29 is 9.59 Å². The number of thiazole rings is 1. The van der Waals surface area contributed by atoms with Crippen molar-refractivity contribution in [2.45, 2.75) is 57.0 Å². The van der Waals surface area contributed by atoms with Crippen LogP contribution in [0.15, 0.2) is 10.9 Å². The minimum absolute atomic E-state index is 0.0187. The third-order valence-electron chi connectivity index (χ3n) is 4.68. The number of carbonyl (C=O) groups excluding carboxylic acids is 2. The summed E-state index contributed by atoms with van der Waals surface area (Å²) in [6.45, 7) is 2.38. The quantitative estimate of drug-likeness (QED) is 0.925. The molecule has 1 atom stereocenters. The first-order chi connectivity index (χ1) is 10.1. The number of aromatic nitrogens is 1. The molecule has 2 amide bonds. The molecule has 0 bridgehead atoms. The molecule has 1 unspecified atom stereocenters. The van der Waals surface area contributed by atoms with Gasteiger partial charge in [0.15, 0.2) is 0 Å². The molecule has 1 aliphatic heterocycles. The first-order valence-corrected chi connectivity index (χ1v) is 8.57.